The van der Waals surface area contributed by atoms with Crippen molar-refractivity contribution in [3.63, 3.8) is 0 Å². The lowest BCUT2D eigenvalue weighted by Crippen LogP contribution is -2.41. The van der Waals surface area contributed by atoms with Crippen molar-refractivity contribution in [2.45, 2.75) is 26.3 Å². The quantitative estimate of drug-likeness (QED) is 0.828. The number of nitrogens with one attached hydrogen (secondary N) is 2. The molecule has 0 aliphatic carbocycles. The Morgan fingerprint density at radius 1 is 1.27 bits per heavy atom. The highest BCUT2D eigenvalue weighted by Crippen LogP contribution is 2.32. The number of rotatable bonds is 4. The Labute approximate surface area is 130 Å². The molecule has 2 aliphatic rings. The minimum atomic E-state index is -0.189. The van der Waals surface area contributed by atoms with Crippen molar-refractivity contribution < 1.29 is 14.3 Å². The number of carbonyl (C=O) groups excluding carboxylic acids is 1. The fourth-order valence-corrected chi connectivity index (χ4v) is 2.51. The molecule has 22 heavy (non-hydrogen) atoms. The van der Waals surface area contributed by atoms with Gasteiger partial charge in [-0.2, -0.15) is 0 Å². The maximum absolute atomic E-state index is 12.2. The summed E-state index contributed by atoms with van der Waals surface area (Å²) < 4.78 is 10.5. The second kappa shape index (κ2) is 6.27. The number of benzene rings is 1. The van der Waals surface area contributed by atoms with E-state index in [0.29, 0.717) is 23.1 Å². The third-order valence-electron chi connectivity index (χ3n) is 3.94. The molecule has 0 saturated heterocycles. The second-order valence-electron chi connectivity index (χ2n) is 5.72. The standard InChI is InChI=1S/C16H21N3O3/c1-11(2)19-7-5-13(6-8-19)17-18-16(20)12-3-4-14-15(9-12)22-10-21-14/h3-5,9,11,17H,6-8,10H2,1-2H3,(H,18,20). The van der Waals surface area contributed by atoms with E-state index >= 15 is 0 Å². The molecule has 0 radical (unpaired) electrons. The average Bonchev–Trinajstić information content (AvgIpc) is 3.00. The maximum Gasteiger partial charge on any atom is 0.269 e. The maximum atomic E-state index is 12.2. The lowest BCUT2D eigenvalue weighted by Gasteiger charge is -2.29. The van der Waals surface area contributed by atoms with Crippen LogP contribution in [-0.4, -0.2) is 36.7 Å². The van der Waals surface area contributed by atoms with E-state index in [9.17, 15) is 4.79 Å². The van der Waals surface area contributed by atoms with Crippen LogP contribution in [0.2, 0.25) is 0 Å². The predicted octanol–water partition coefficient (Wildman–Crippen LogP) is 1.65. The number of hydrogen-bond acceptors (Lipinski definition) is 5. The van der Waals surface area contributed by atoms with Crippen LogP contribution in [0.5, 0.6) is 11.5 Å². The van der Waals surface area contributed by atoms with Gasteiger partial charge in [0.2, 0.25) is 6.79 Å². The molecule has 0 bridgehead atoms. The molecule has 6 heteroatoms. The number of amides is 1. The first kappa shape index (κ1) is 14.7. The molecule has 0 aromatic heterocycles. The van der Waals surface area contributed by atoms with E-state index in [0.717, 1.165) is 25.2 Å². The van der Waals surface area contributed by atoms with Gasteiger partial charge in [-0.3, -0.25) is 15.1 Å². The minimum absolute atomic E-state index is 0.189. The lowest BCUT2D eigenvalue weighted by atomic mass is 10.1. The summed E-state index contributed by atoms with van der Waals surface area (Å²) >= 11 is 0. The highest BCUT2D eigenvalue weighted by atomic mass is 16.7. The van der Waals surface area contributed by atoms with Gasteiger partial charge in [0.15, 0.2) is 11.5 Å². The summed E-state index contributed by atoms with van der Waals surface area (Å²) in [6, 6.07) is 5.70. The third kappa shape index (κ3) is 3.17. The van der Waals surface area contributed by atoms with Crippen molar-refractivity contribution in [3.05, 3.63) is 35.5 Å². The number of carbonyl (C=O) groups is 1. The van der Waals surface area contributed by atoms with E-state index in [1.165, 1.54) is 0 Å². The van der Waals surface area contributed by atoms with Gasteiger partial charge in [-0.15, -0.1) is 0 Å². The highest BCUT2D eigenvalue weighted by molar-refractivity contribution is 5.94. The number of hydrazine groups is 1. The summed E-state index contributed by atoms with van der Waals surface area (Å²) in [6.07, 6.45) is 3.02. The first-order valence-corrected chi connectivity index (χ1v) is 7.52. The number of ether oxygens (including phenoxy) is 2. The summed E-state index contributed by atoms with van der Waals surface area (Å²) in [7, 11) is 0. The van der Waals surface area contributed by atoms with Crippen molar-refractivity contribution in [1.82, 2.24) is 15.8 Å². The molecule has 2 N–H and O–H groups in total. The highest BCUT2D eigenvalue weighted by Gasteiger charge is 2.17. The van der Waals surface area contributed by atoms with Crippen molar-refractivity contribution in [2.75, 3.05) is 19.9 Å². The fourth-order valence-electron chi connectivity index (χ4n) is 2.51. The summed E-state index contributed by atoms with van der Waals surface area (Å²) in [5, 5.41) is 0. The summed E-state index contributed by atoms with van der Waals surface area (Å²) in [4.78, 5) is 14.5. The zero-order valence-corrected chi connectivity index (χ0v) is 12.9. The molecule has 0 unspecified atom stereocenters. The van der Waals surface area contributed by atoms with Gasteiger partial charge in [-0.05, 0) is 38.1 Å². The number of fused-ring (bicyclic) bond motifs is 1. The first-order valence-electron chi connectivity index (χ1n) is 7.52. The number of nitrogens with zero attached hydrogens (tertiary/aromatic N) is 1. The van der Waals surface area contributed by atoms with Gasteiger partial charge in [0.05, 0.1) is 0 Å². The Hall–Kier alpha value is -2.21. The molecule has 1 aromatic carbocycles. The minimum Gasteiger partial charge on any atom is -0.454 e. The second-order valence-corrected chi connectivity index (χ2v) is 5.72. The SMILES string of the molecule is CC(C)N1CC=C(NNC(=O)c2ccc3c(c2)OCO3)CC1. The third-order valence-corrected chi connectivity index (χ3v) is 3.94. The van der Waals surface area contributed by atoms with Crippen molar-refractivity contribution in [3.8, 4) is 11.5 Å². The molecule has 0 fully saturated rings. The zero-order valence-electron chi connectivity index (χ0n) is 12.9. The summed E-state index contributed by atoms with van der Waals surface area (Å²) in [6.45, 7) is 6.48. The van der Waals surface area contributed by atoms with Gasteiger partial charge >= 0.3 is 0 Å². The molecule has 1 amide bonds. The molecule has 1 aromatic rings. The molecular weight excluding hydrogens is 282 g/mol. The lowest BCUT2D eigenvalue weighted by molar-refractivity contribution is 0.0936. The van der Waals surface area contributed by atoms with E-state index in [1.54, 1.807) is 18.2 Å². The Morgan fingerprint density at radius 3 is 2.82 bits per heavy atom. The fraction of sp³-hybridized carbons (Fsp3) is 0.438. The average molecular weight is 303 g/mol. The van der Waals surface area contributed by atoms with E-state index in [2.05, 4.69) is 35.7 Å². The van der Waals surface area contributed by atoms with Crippen molar-refractivity contribution in [2.24, 2.45) is 0 Å². The van der Waals surface area contributed by atoms with E-state index in [-0.39, 0.29) is 12.7 Å². The Balaban J connectivity index is 1.55. The van der Waals surface area contributed by atoms with Gasteiger partial charge in [0.1, 0.15) is 0 Å². The number of hydrogen-bond donors (Lipinski definition) is 2. The molecule has 2 heterocycles. The van der Waals surface area contributed by atoms with Gasteiger partial charge in [0, 0.05) is 36.8 Å². The van der Waals surface area contributed by atoms with Gasteiger partial charge in [0.25, 0.3) is 5.91 Å². The summed E-state index contributed by atoms with van der Waals surface area (Å²) in [5.74, 6) is 1.09. The molecule has 118 valence electrons. The van der Waals surface area contributed by atoms with Crippen LogP contribution in [-0.2, 0) is 0 Å². The Morgan fingerprint density at radius 2 is 2.09 bits per heavy atom. The van der Waals surface area contributed by atoms with Crippen LogP contribution in [0.4, 0.5) is 0 Å². The van der Waals surface area contributed by atoms with E-state index in [1.807, 2.05) is 0 Å². The molecule has 0 atom stereocenters. The van der Waals surface area contributed by atoms with Crippen LogP contribution >= 0.6 is 0 Å². The van der Waals surface area contributed by atoms with Crippen LogP contribution in [0.3, 0.4) is 0 Å². The molecule has 6 nitrogen and oxygen atoms in total. The van der Waals surface area contributed by atoms with Gasteiger partial charge in [-0.1, -0.05) is 0 Å². The molecular formula is C16H21N3O3. The van der Waals surface area contributed by atoms with Crippen LogP contribution in [0.1, 0.15) is 30.6 Å². The van der Waals surface area contributed by atoms with Crippen molar-refractivity contribution in [1.29, 1.82) is 0 Å². The zero-order chi connectivity index (χ0) is 15.5. The molecule has 3 rings (SSSR count). The monoisotopic (exact) mass is 303 g/mol. The Bertz CT molecular complexity index is 598. The molecule has 0 spiro atoms. The molecule has 0 saturated carbocycles. The first-order chi connectivity index (χ1) is 10.6. The van der Waals surface area contributed by atoms with Crippen LogP contribution in [0.15, 0.2) is 30.0 Å². The Kier molecular flexibility index (Phi) is 4.20. The molecule has 2 aliphatic heterocycles. The largest absolute Gasteiger partial charge is 0.454 e. The van der Waals surface area contributed by atoms with E-state index in [4.69, 9.17) is 9.47 Å². The topological polar surface area (TPSA) is 62.8 Å². The van der Waals surface area contributed by atoms with E-state index < -0.39 is 0 Å². The predicted molar refractivity (Wildman–Crippen MR) is 82.6 cm³/mol. The smallest absolute Gasteiger partial charge is 0.269 e. The van der Waals surface area contributed by atoms with Gasteiger partial charge < -0.3 is 14.9 Å². The van der Waals surface area contributed by atoms with Crippen LogP contribution < -0.4 is 20.3 Å². The van der Waals surface area contributed by atoms with Crippen LogP contribution in [0.25, 0.3) is 0 Å². The van der Waals surface area contributed by atoms with Crippen LogP contribution in [0, 0.1) is 0 Å². The van der Waals surface area contributed by atoms with Gasteiger partial charge in [-0.25, -0.2) is 0 Å². The normalized spacial score (nSPS) is 17.3. The van der Waals surface area contributed by atoms with Crippen molar-refractivity contribution >= 4 is 5.91 Å². The summed E-state index contributed by atoms with van der Waals surface area (Å²) in [5.41, 5.74) is 7.33.